The van der Waals surface area contributed by atoms with Gasteiger partial charge in [0.25, 0.3) is 5.91 Å². The summed E-state index contributed by atoms with van der Waals surface area (Å²) in [6.07, 6.45) is 2.03. The number of rotatable bonds is 7. The SMILES string of the molecule is Cc1cc(O)ccc1C(=O)N(CCC(C)C)CCC(C)C. The molecule has 0 bridgehead atoms. The van der Waals surface area contributed by atoms with Gasteiger partial charge in [-0.3, -0.25) is 4.79 Å². The topological polar surface area (TPSA) is 40.5 Å². The average molecular weight is 291 g/mol. The van der Waals surface area contributed by atoms with Gasteiger partial charge in [-0.25, -0.2) is 0 Å². The Bertz CT molecular complexity index is 454. The molecule has 0 saturated heterocycles. The molecule has 0 spiro atoms. The van der Waals surface area contributed by atoms with Crippen LogP contribution in [0, 0.1) is 18.8 Å². The fraction of sp³-hybridized carbons (Fsp3) is 0.611. The lowest BCUT2D eigenvalue weighted by Gasteiger charge is -2.25. The Hall–Kier alpha value is -1.51. The molecular weight excluding hydrogens is 262 g/mol. The van der Waals surface area contributed by atoms with Gasteiger partial charge in [0.15, 0.2) is 0 Å². The molecule has 1 aromatic carbocycles. The summed E-state index contributed by atoms with van der Waals surface area (Å²) in [7, 11) is 0. The third kappa shape index (κ3) is 5.78. The first kappa shape index (κ1) is 17.5. The molecule has 3 heteroatoms. The molecule has 0 aromatic heterocycles. The molecule has 118 valence electrons. The zero-order valence-electron chi connectivity index (χ0n) is 14.0. The highest BCUT2D eigenvalue weighted by Crippen LogP contribution is 2.18. The van der Waals surface area contributed by atoms with Crippen molar-refractivity contribution in [3.05, 3.63) is 29.3 Å². The Morgan fingerprint density at radius 3 is 2.05 bits per heavy atom. The first-order chi connectivity index (χ1) is 9.81. The molecule has 1 amide bonds. The second-order valence-electron chi connectivity index (χ2n) is 6.66. The highest BCUT2D eigenvalue weighted by atomic mass is 16.3. The minimum atomic E-state index is 0.0776. The Morgan fingerprint density at radius 1 is 1.10 bits per heavy atom. The Kier molecular flexibility index (Phi) is 6.73. The molecule has 0 unspecified atom stereocenters. The van der Waals surface area contributed by atoms with Crippen molar-refractivity contribution < 1.29 is 9.90 Å². The normalized spacial score (nSPS) is 11.2. The van der Waals surface area contributed by atoms with Crippen LogP contribution in [0.2, 0.25) is 0 Å². The molecule has 21 heavy (non-hydrogen) atoms. The summed E-state index contributed by atoms with van der Waals surface area (Å²) in [4.78, 5) is 14.7. The average Bonchev–Trinajstić information content (AvgIpc) is 2.37. The summed E-state index contributed by atoms with van der Waals surface area (Å²) >= 11 is 0. The van der Waals surface area contributed by atoms with E-state index >= 15 is 0 Å². The number of phenolic OH excluding ortho intramolecular Hbond substituents is 1. The quantitative estimate of drug-likeness (QED) is 0.816. The van der Waals surface area contributed by atoms with Crippen molar-refractivity contribution in [3.8, 4) is 5.75 Å². The van der Waals surface area contributed by atoms with Crippen molar-refractivity contribution in [1.82, 2.24) is 4.90 Å². The monoisotopic (exact) mass is 291 g/mol. The summed E-state index contributed by atoms with van der Waals surface area (Å²) in [6.45, 7) is 12.2. The number of hydrogen-bond donors (Lipinski definition) is 1. The molecule has 1 rings (SSSR count). The van der Waals surface area contributed by atoms with Crippen LogP contribution in [0.3, 0.4) is 0 Å². The molecule has 0 aliphatic rings. The van der Waals surface area contributed by atoms with E-state index in [0.29, 0.717) is 17.4 Å². The van der Waals surface area contributed by atoms with E-state index in [1.54, 1.807) is 18.2 Å². The molecule has 0 heterocycles. The second kappa shape index (κ2) is 8.06. The van der Waals surface area contributed by atoms with E-state index in [0.717, 1.165) is 31.5 Å². The summed E-state index contributed by atoms with van der Waals surface area (Å²) in [5.74, 6) is 1.45. The van der Waals surface area contributed by atoms with Crippen LogP contribution in [-0.4, -0.2) is 29.0 Å². The van der Waals surface area contributed by atoms with Crippen LogP contribution in [0.4, 0.5) is 0 Å². The van der Waals surface area contributed by atoms with Gasteiger partial charge in [0.1, 0.15) is 5.75 Å². The fourth-order valence-corrected chi connectivity index (χ4v) is 2.20. The van der Waals surface area contributed by atoms with Gasteiger partial charge >= 0.3 is 0 Å². The number of benzene rings is 1. The van der Waals surface area contributed by atoms with Crippen LogP contribution >= 0.6 is 0 Å². The second-order valence-corrected chi connectivity index (χ2v) is 6.66. The third-order valence-electron chi connectivity index (χ3n) is 3.68. The molecule has 0 aliphatic heterocycles. The first-order valence-electron chi connectivity index (χ1n) is 7.90. The van der Waals surface area contributed by atoms with Crippen LogP contribution < -0.4 is 0 Å². The maximum Gasteiger partial charge on any atom is 0.254 e. The number of aromatic hydroxyl groups is 1. The van der Waals surface area contributed by atoms with Gasteiger partial charge in [0.2, 0.25) is 0 Å². The van der Waals surface area contributed by atoms with Crippen LogP contribution in [0.5, 0.6) is 5.75 Å². The number of carbonyl (C=O) groups excluding carboxylic acids is 1. The van der Waals surface area contributed by atoms with E-state index in [9.17, 15) is 9.90 Å². The number of hydrogen-bond acceptors (Lipinski definition) is 2. The van der Waals surface area contributed by atoms with Gasteiger partial charge in [-0.1, -0.05) is 27.7 Å². The highest BCUT2D eigenvalue weighted by molar-refractivity contribution is 5.95. The van der Waals surface area contributed by atoms with Crippen molar-refractivity contribution >= 4 is 5.91 Å². The smallest absolute Gasteiger partial charge is 0.254 e. The standard InChI is InChI=1S/C18H29NO2/c1-13(2)8-10-19(11-9-14(3)4)18(21)17-7-6-16(20)12-15(17)5/h6-7,12-14,20H,8-11H2,1-5H3. The predicted molar refractivity (Wildman–Crippen MR) is 87.7 cm³/mol. The van der Waals surface area contributed by atoms with E-state index in [-0.39, 0.29) is 11.7 Å². The molecule has 0 fully saturated rings. The van der Waals surface area contributed by atoms with E-state index in [1.165, 1.54) is 0 Å². The van der Waals surface area contributed by atoms with Crippen molar-refractivity contribution in [2.75, 3.05) is 13.1 Å². The van der Waals surface area contributed by atoms with Gasteiger partial charge in [0.05, 0.1) is 0 Å². The van der Waals surface area contributed by atoms with Gasteiger partial charge in [-0.05, 0) is 55.4 Å². The largest absolute Gasteiger partial charge is 0.508 e. The van der Waals surface area contributed by atoms with Crippen LogP contribution in [-0.2, 0) is 0 Å². The van der Waals surface area contributed by atoms with Gasteiger partial charge in [0, 0.05) is 18.7 Å². The number of amides is 1. The number of carbonyl (C=O) groups is 1. The van der Waals surface area contributed by atoms with E-state index in [4.69, 9.17) is 0 Å². The third-order valence-corrected chi connectivity index (χ3v) is 3.68. The highest BCUT2D eigenvalue weighted by Gasteiger charge is 2.18. The van der Waals surface area contributed by atoms with Gasteiger partial charge in [-0.2, -0.15) is 0 Å². The van der Waals surface area contributed by atoms with Crippen molar-refractivity contribution in [3.63, 3.8) is 0 Å². The molecule has 3 nitrogen and oxygen atoms in total. The van der Waals surface area contributed by atoms with Crippen molar-refractivity contribution in [2.24, 2.45) is 11.8 Å². The zero-order chi connectivity index (χ0) is 16.0. The van der Waals surface area contributed by atoms with Crippen LogP contribution in [0.1, 0.15) is 56.5 Å². The van der Waals surface area contributed by atoms with Gasteiger partial charge < -0.3 is 10.0 Å². The van der Waals surface area contributed by atoms with E-state index < -0.39 is 0 Å². The Labute approximate surface area is 129 Å². The Balaban J connectivity index is 2.86. The lowest BCUT2D eigenvalue weighted by molar-refractivity contribution is 0.0740. The Morgan fingerprint density at radius 2 is 1.62 bits per heavy atom. The summed E-state index contributed by atoms with van der Waals surface area (Å²) in [6, 6.07) is 4.96. The summed E-state index contributed by atoms with van der Waals surface area (Å²) in [5.41, 5.74) is 1.53. The van der Waals surface area contributed by atoms with Crippen molar-refractivity contribution in [1.29, 1.82) is 0 Å². The minimum absolute atomic E-state index is 0.0776. The molecule has 1 N–H and O–H groups in total. The first-order valence-corrected chi connectivity index (χ1v) is 7.90. The van der Waals surface area contributed by atoms with Crippen LogP contribution in [0.25, 0.3) is 0 Å². The molecule has 0 atom stereocenters. The molecule has 0 aliphatic carbocycles. The maximum absolute atomic E-state index is 12.7. The van der Waals surface area contributed by atoms with Crippen molar-refractivity contribution in [2.45, 2.75) is 47.5 Å². The van der Waals surface area contributed by atoms with Gasteiger partial charge in [-0.15, -0.1) is 0 Å². The number of aryl methyl sites for hydroxylation is 1. The number of phenols is 1. The molecular formula is C18H29NO2. The lowest BCUT2D eigenvalue weighted by atomic mass is 10.0. The maximum atomic E-state index is 12.7. The molecule has 0 saturated carbocycles. The summed E-state index contributed by atoms with van der Waals surface area (Å²) < 4.78 is 0. The lowest BCUT2D eigenvalue weighted by Crippen LogP contribution is -2.34. The number of nitrogens with zero attached hydrogens (tertiary/aromatic N) is 1. The van der Waals surface area contributed by atoms with Crippen LogP contribution in [0.15, 0.2) is 18.2 Å². The zero-order valence-corrected chi connectivity index (χ0v) is 14.0. The fourth-order valence-electron chi connectivity index (χ4n) is 2.20. The van der Waals surface area contributed by atoms with E-state index in [1.807, 2.05) is 11.8 Å². The molecule has 0 radical (unpaired) electrons. The predicted octanol–water partition coefficient (Wildman–Crippen LogP) is 4.24. The van der Waals surface area contributed by atoms with E-state index in [2.05, 4.69) is 27.7 Å². The molecule has 1 aromatic rings. The minimum Gasteiger partial charge on any atom is -0.508 e. The summed E-state index contributed by atoms with van der Waals surface area (Å²) in [5, 5.41) is 9.49.